The number of pyridine rings is 1. The summed E-state index contributed by atoms with van der Waals surface area (Å²) >= 11 is 0. The van der Waals surface area contributed by atoms with Crippen molar-refractivity contribution in [2.45, 2.75) is 0 Å². The quantitative estimate of drug-likeness (QED) is 0.475. The Bertz CT molecular complexity index is 1390. The van der Waals surface area contributed by atoms with Crippen molar-refractivity contribution in [1.82, 2.24) is 19.4 Å². The first-order chi connectivity index (χ1) is 17.7. The number of imidazole rings is 1. The molecule has 0 aliphatic carbocycles. The van der Waals surface area contributed by atoms with Crippen molar-refractivity contribution < 1.29 is 14.3 Å². The highest BCUT2D eigenvalue weighted by Gasteiger charge is 2.20. The number of carbonyl (C=O) groups excluding carboxylic acids is 1. The van der Waals surface area contributed by atoms with Crippen LogP contribution in [0.15, 0.2) is 60.9 Å². The van der Waals surface area contributed by atoms with Crippen LogP contribution < -0.4 is 10.6 Å². The molecule has 0 radical (unpaired) electrons. The topological polar surface area (TPSA) is 98.7 Å². The molecule has 0 bridgehead atoms. The van der Waals surface area contributed by atoms with Crippen molar-refractivity contribution in [3.63, 3.8) is 0 Å². The largest absolute Gasteiger partial charge is 0.378 e. The third-order valence-electron chi connectivity index (χ3n) is 6.78. The maximum Gasteiger partial charge on any atom is 0.255 e. The normalized spacial score (nSPS) is 16.4. The van der Waals surface area contributed by atoms with Gasteiger partial charge in [0.2, 0.25) is 5.95 Å². The fourth-order valence-electron chi connectivity index (χ4n) is 4.84. The number of nitrogens with zero attached hydrogens (tertiary/aromatic N) is 5. The molecule has 0 unspecified atom stereocenters. The van der Waals surface area contributed by atoms with Crippen LogP contribution >= 0.6 is 0 Å². The summed E-state index contributed by atoms with van der Waals surface area (Å²) in [4.78, 5) is 26.0. The van der Waals surface area contributed by atoms with E-state index in [2.05, 4.69) is 45.2 Å². The number of aromatic nitrogens is 3. The molecule has 2 aromatic heterocycles. The summed E-state index contributed by atoms with van der Waals surface area (Å²) in [5, 5.41) is 0. The molecule has 9 heteroatoms. The van der Waals surface area contributed by atoms with Gasteiger partial charge in [-0.1, -0.05) is 6.07 Å². The number of fused-ring (bicyclic) bond motifs is 1. The Morgan fingerprint density at radius 1 is 0.806 bits per heavy atom. The summed E-state index contributed by atoms with van der Waals surface area (Å²) in [5.41, 5.74) is 12.5. The van der Waals surface area contributed by atoms with Gasteiger partial charge in [0, 0.05) is 55.5 Å². The second-order valence-electron chi connectivity index (χ2n) is 8.99. The van der Waals surface area contributed by atoms with Gasteiger partial charge in [-0.3, -0.25) is 14.3 Å². The van der Waals surface area contributed by atoms with Crippen LogP contribution in [0.25, 0.3) is 27.8 Å². The molecule has 2 aliphatic rings. The molecule has 2 aliphatic heterocycles. The van der Waals surface area contributed by atoms with E-state index in [0.717, 1.165) is 54.2 Å². The van der Waals surface area contributed by atoms with E-state index in [1.165, 1.54) is 5.69 Å². The highest BCUT2D eigenvalue weighted by atomic mass is 16.5. The van der Waals surface area contributed by atoms with E-state index in [1.54, 1.807) is 12.4 Å². The summed E-state index contributed by atoms with van der Waals surface area (Å²) in [7, 11) is 0. The molecule has 2 fully saturated rings. The number of rotatable bonds is 4. The molecule has 9 nitrogen and oxygen atoms in total. The minimum atomic E-state index is -0.0247. The van der Waals surface area contributed by atoms with Crippen molar-refractivity contribution >= 4 is 28.6 Å². The van der Waals surface area contributed by atoms with Crippen LogP contribution in [0.1, 0.15) is 10.4 Å². The van der Waals surface area contributed by atoms with Crippen LogP contribution in [0, 0.1) is 0 Å². The van der Waals surface area contributed by atoms with Crippen molar-refractivity contribution in [2.75, 3.05) is 63.2 Å². The Hall–Kier alpha value is -3.95. The van der Waals surface area contributed by atoms with Crippen LogP contribution in [0.5, 0.6) is 0 Å². The fraction of sp³-hybridized carbons (Fsp3) is 0.296. The molecule has 6 rings (SSSR count). The number of nitrogens with two attached hydrogens (primary N) is 1. The molecule has 1 amide bonds. The van der Waals surface area contributed by atoms with E-state index < -0.39 is 0 Å². The van der Waals surface area contributed by atoms with E-state index in [1.807, 2.05) is 27.7 Å². The standard InChI is InChI=1S/C27H28N6O3/c28-27-30-24-6-1-19(20-15-21(18-29-17-20)26(34)32-9-13-36-14-10-32)16-25(24)33(27)23-4-2-22(3-5-23)31-7-11-35-12-8-31/h1-6,15-18H,7-14H2,(H2,28,30). The molecule has 4 heterocycles. The number of ether oxygens (including phenoxy) is 2. The molecule has 0 atom stereocenters. The monoisotopic (exact) mass is 484 g/mol. The van der Waals surface area contributed by atoms with Gasteiger partial charge in [0.25, 0.3) is 5.91 Å². The summed E-state index contributed by atoms with van der Waals surface area (Å²) in [5.74, 6) is 0.402. The van der Waals surface area contributed by atoms with Crippen LogP contribution in [0.4, 0.5) is 11.6 Å². The molecule has 0 spiro atoms. The van der Waals surface area contributed by atoms with Gasteiger partial charge >= 0.3 is 0 Å². The molecule has 0 saturated carbocycles. The van der Waals surface area contributed by atoms with E-state index in [-0.39, 0.29) is 5.91 Å². The highest BCUT2D eigenvalue weighted by Crippen LogP contribution is 2.29. The minimum Gasteiger partial charge on any atom is -0.378 e. The average Bonchev–Trinajstić information content (AvgIpc) is 3.28. The van der Waals surface area contributed by atoms with Crippen molar-refractivity contribution in [1.29, 1.82) is 0 Å². The second kappa shape index (κ2) is 9.60. The van der Waals surface area contributed by atoms with E-state index in [0.29, 0.717) is 37.8 Å². The van der Waals surface area contributed by atoms with Crippen LogP contribution in [0.3, 0.4) is 0 Å². The summed E-state index contributed by atoms with van der Waals surface area (Å²) < 4.78 is 12.8. The third kappa shape index (κ3) is 4.27. The summed E-state index contributed by atoms with van der Waals surface area (Å²) in [6.07, 6.45) is 3.40. The number of carbonyl (C=O) groups is 1. The van der Waals surface area contributed by atoms with Crippen LogP contribution in [0.2, 0.25) is 0 Å². The van der Waals surface area contributed by atoms with Gasteiger partial charge in [0.1, 0.15) is 0 Å². The summed E-state index contributed by atoms with van der Waals surface area (Å²) in [6, 6.07) is 16.2. The third-order valence-corrected chi connectivity index (χ3v) is 6.78. The number of morpholine rings is 2. The van der Waals surface area contributed by atoms with Crippen molar-refractivity contribution in [2.24, 2.45) is 0 Å². The van der Waals surface area contributed by atoms with Gasteiger partial charge < -0.3 is 25.0 Å². The molecule has 2 saturated heterocycles. The minimum absolute atomic E-state index is 0.0247. The molecule has 184 valence electrons. The fourth-order valence-corrected chi connectivity index (χ4v) is 4.84. The van der Waals surface area contributed by atoms with E-state index >= 15 is 0 Å². The Balaban J connectivity index is 1.32. The Kier molecular flexibility index (Phi) is 6.00. The maximum absolute atomic E-state index is 13.0. The number of amides is 1. The van der Waals surface area contributed by atoms with Gasteiger partial charge in [0.05, 0.1) is 43.0 Å². The second-order valence-corrected chi connectivity index (χ2v) is 8.99. The van der Waals surface area contributed by atoms with Crippen molar-refractivity contribution in [3.05, 3.63) is 66.5 Å². The lowest BCUT2D eigenvalue weighted by Gasteiger charge is -2.29. The first-order valence-electron chi connectivity index (χ1n) is 12.2. The van der Waals surface area contributed by atoms with Crippen molar-refractivity contribution in [3.8, 4) is 16.8 Å². The average molecular weight is 485 g/mol. The van der Waals surface area contributed by atoms with Gasteiger partial charge in [-0.25, -0.2) is 4.98 Å². The molecule has 2 aromatic carbocycles. The Morgan fingerprint density at radius 3 is 2.25 bits per heavy atom. The van der Waals surface area contributed by atoms with Gasteiger partial charge in [-0.15, -0.1) is 0 Å². The number of nitrogen functional groups attached to an aromatic ring is 1. The van der Waals surface area contributed by atoms with E-state index in [4.69, 9.17) is 15.2 Å². The number of benzene rings is 2. The van der Waals surface area contributed by atoms with Gasteiger partial charge in [-0.2, -0.15) is 0 Å². The maximum atomic E-state index is 13.0. The van der Waals surface area contributed by atoms with Gasteiger partial charge in [-0.05, 0) is 48.0 Å². The lowest BCUT2D eigenvalue weighted by Crippen LogP contribution is -2.40. The lowest BCUT2D eigenvalue weighted by molar-refractivity contribution is 0.0302. The van der Waals surface area contributed by atoms with Gasteiger partial charge in [0.15, 0.2) is 0 Å². The summed E-state index contributed by atoms with van der Waals surface area (Å²) in [6.45, 7) is 5.59. The smallest absolute Gasteiger partial charge is 0.255 e. The molecular weight excluding hydrogens is 456 g/mol. The first-order valence-corrected chi connectivity index (χ1v) is 12.2. The predicted molar refractivity (Wildman–Crippen MR) is 138 cm³/mol. The zero-order valence-electron chi connectivity index (χ0n) is 20.0. The number of anilines is 2. The number of hydrogen-bond donors (Lipinski definition) is 1. The molecular formula is C27H28N6O3. The first kappa shape index (κ1) is 22.5. The lowest BCUT2D eigenvalue weighted by atomic mass is 10.0. The van der Waals surface area contributed by atoms with E-state index in [9.17, 15) is 4.79 Å². The SMILES string of the molecule is Nc1nc2ccc(-c3cncc(C(=O)N4CCOCC4)c3)cc2n1-c1ccc(N2CCOCC2)cc1. The Morgan fingerprint density at radius 2 is 1.50 bits per heavy atom. The zero-order chi connectivity index (χ0) is 24.5. The Labute approximate surface area is 209 Å². The highest BCUT2D eigenvalue weighted by molar-refractivity contribution is 5.95. The predicted octanol–water partition coefficient (Wildman–Crippen LogP) is 2.98. The zero-order valence-corrected chi connectivity index (χ0v) is 20.0. The molecule has 4 aromatic rings. The molecule has 36 heavy (non-hydrogen) atoms. The van der Waals surface area contributed by atoms with Crippen LogP contribution in [-0.2, 0) is 9.47 Å². The van der Waals surface area contributed by atoms with Crippen LogP contribution in [-0.4, -0.2) is 77.9 Å². The number of hydrogen-bond acceptors (Lipinski definition) is 7. The molecule has 2 N–H and O–H groups in total.